The minimum atomic E-state index is -0.0274. The summed E-state index contributed by atoms with van der Waals surface area (Å²) >= 11 is 0. The Morgan fingerprint density at radius 2 is 1.85 bits per heavy atom. The summed E-state index contributed by atoms with van der Waals surface area (Å²) in [6.07, 6.45) is 0.757. The number of carbonyl (C=O) groups excluding carboxylic acids is 1. The van der Waals surface area contributed by atoms with Crippen LogP contribution in [0.2, 0.25) is 0 Å². The van der Waals surface area contributed by atoms with Crippen LogP contribution in [0.15, 0.2) is 6.07 Å². The molecule has 3 N–H and O–H groups in total. The van der Waals surface area contributed by atoms with Crippen molar-refractivity contribution in [2.45, 2.75) is 34.1 Å². The lowest BCUT2D eigenvalue weighted by molar-refractivity contribution is -0.119. The molecule has 1 aromatic heterocycles. The van der Waals surface area contributed by atoms with Crippen LogP contribution < -0.4 is 16.0 Å². The number of nitrogens with one attached hydrogen (secondary N) is 3. The van der Waals surface area contributed by atoms with Gasteiger partial charge < -0.3 is 16.0 Å². The highest BCUT2D eigenvalue weighted by Gasteiger charge is 2.06. The quantitative estimate of drug-likeness (QED) is 0.674. The predicted molar refractivity (Wildman–Crippen MR) is 81.9 cm³/mol. The first-order valence-electron chi connectivity index (χ1n) is 7.17. The van der Waals surface area contributed by atoms with Gasteiger partial charge in [-0.25, -0.2) is 9.97 Å². The number of aromatic nitrogens is 2. The molecule has 6 heteroatoms. The van der Waals surface area contributed by atoms with E-state index in [0.717, 1.165) is 24.6 Å². The molecule has 0 unspecified atom stereocenters. The van der Waals surface area contributed by atoms with Crippen molar-refractivity contribution >= 4 is 17.5 Å². The Hall–Kier alpha value is -1.85. The molecule has 1 rings (SSSR count). The molecule has 0 spiro atoms. The van der Waals surface area contributed by atoms with Crippen molar-refractivity contribution in [3.05, 3.63) is 11.9 Å². The minimum absolute atomic E-state index is 0.0274. The molecule has 0 aliphatic rings. The molecular formula is C14H25N5O. The van der Waals surface area contributed by atoms with E-state index < -0.39 is 0 Å². The van der Waals surface area contributed by atoms with Crippen LogP contribution in [0, 0.1) is 5.92 Å². The number of rotatable bonds is 8. The van der Waals surface area contributed by atoms with Crippen LogP contribution in [0.5, 0.6) is 0 Å². The van der Waals surface area contributed by atoms with Gasteiger partial charge in [0.1, 0.15) is 17.5 Å². The van der Waals surface area contributed by atoms with Crippen molar-refractivity contribution in [3.8, 4) is 0 Å². The van der Waals surface area contributed by atoms with Crippen LogP contribution in [0.3, 0.4) is 0 Å². The molecule has 112 valence electrons. The average Bonchev–Trinajstić information content (AvgIpc) is 2.43. The van der Waals surface area contributed by atoms with Crippen LogP contribution >= 0.6 is 0 Å². The molecular weight excluding hydrogens is 254 g/mol. The average molecular weight is 279 g/mol. The van der Waals surface area contributed by atoms with Gasteiger partial charge in [-0.2, -0.15) is 0 Å². The molecule has 0 aliphatic carbocycles. The van der Waals surface area contributed by atoms with Gasteiger partial charge >= 0.3 is 0 Å². The fourth-order valence-corrected chi connectivity index (χ4v) is 1.57. The first kappa shape index (κ1) is 16.2. The summed E-state index contributed by atoms with van der Waals surface area (Å²) in [5.41, 5.74) is 0. The molecule has 0 radical (unpaired) electrons. The van der Waals surface area contributed by atoms with Gasteiger partial charge in [0, 0.05) is 25.6 Å². The smallest absolute Gasteiger partial charge is 0.239 e. The molecule has 0 atom stereocenters. The lowest BCUT2D eigenvalue weighted by Gasteiger charge is -2.11. The van der Waals surface area contributed by atoms with Crippen LogP contribution in [0.25, 0.3) is 0 Å². The fourth-order valence-electron chi connectivity index (χ4n) is 1.57. The van der Waals surface area contributed by atoms with E-state index in [1.807, 2.05) is 19.9 Å². The summed E-state index contributed by atoms with van der Waals surface area (Å²) in [6, 6.07) is 1.82. The Labute approximate surface area is 120 Å². The zero-order chi connectivity index (χ0) is 15.0. The van der Waals surface area contributed by atoms with Crippen LogP contribution in [-0.4, -0.2) is 35.5 Å². The van der Waals surface area contributed by atoms with Crippen molar-refractivity contribution in [3.63, 3.8) is 0 Å². The fraction of sp³-hybridized carbons (Fsp3) is 0.643. The number of hydrogen-bond donors (Lipinski definition) is 3. The molecule has 0 aliphatic heterocycles. The molecule has 20 heavy (non-hydrogen) atoms. The molecule has 1 aromatic rings. The maximum absolute atomic E-state index is 11.7. The van der Waals surface area contributed by atoms with E-state index in [-0.39, 0.29) is 12.5 Å². The maximum atomic E-state index is 11.7. The number of hydrogen-bond acceptors (Lipinski definition) is 5. The second-order valence-corrected chi connectivity index (χ2v) is 4.99. The Kier molecular flexibility index (Phi) is 6.76. The van der Waals surface area contributed by atoms with Gasteiger partial charge in [-0.15, -0.1) is 0 Å². The summed E-state index contributed by atoms with van der Waals surface area (Å²) in [4.78, 5) is 20.4. The number of nitrogens with zero attached hydrogens (tertiary/aromatic N) is 2. The van der Waals surface area contributed by atoms with Gasteiger partial charge in [0.05, 0.1) is 6.54 Å². The normalized spacial score (nSPS) is 10.4. The van der Waals surface area contributed by atoms with Crippen molar-refractivity contribution in [2.75, 3.05) is 30.3 Å². The number of carbonyl (C=O) groups is 1. The van der Waals surface area contributed by atoms with Gasteiger partial charge in [0.15, 0.2) is 0 Å². The van der Waals surface area contributed by atoms with E-state index >= 15 is 0 Å². The zero-order valence-corrected chi connectivity index (χ0v) is 12.8. The molecule has 6 nitrogen and oxygen atoms in total. The van der Waals surface area contributed by atoms with E-state index in [0.29, 0.717) is 18.3 Å². The van der Waals surface area contributed by atoms with E-state index in [1.54, 1.807) is 0 Å². The molecule has 0 fully saturated rings. The topological polar surface area (TPSA) is 78.9 Å². The van der Waals surface area contributed by atoms with Crippen LogP contribution in [0.4, 0.5) is 11.6 Å². The molecule has 0 bridgehead atoms. The number of amides is 1. The van der Waals surface area contributed by atoms with Crippen LogP contribution in [-0.2, 0) is 11.2 Å². The van der Waals surface area contributed by atoms with Crippen molar-refractivity contribution in [1.82, 2.24) is 15.3 Å². The third kappa shape index (κ3) is 5.86. The standard InChI is InChI=1S/C14H25N5O/c1-5-11-18-12(15-6-2)7-13(19-11)16-9-14(20)17-8-10(3)4/h7,10H,5-6,8-9H2,1-4H3,(H,17,20)(H2,15,16,18,19). The van der Waals surface area contributed by atoms with Crippen molar-refractivity contribution < 1.29 is 4.79 Å². The Bertz CT molecular complexity index is 434. The summed E-state index contributed by atoms with van der Waals surface area (Å²) in [6.45, 7) is 9.85. The van der Waals surface area contributed by atoms with E-state index in [2.05, 4.69) is 39.8 Å². The third-order valence-corrected chi connectivity index (χ3v) is 2.58. The predicted octanol–water partition coefficient (Wildman–Crippen LogP) is 1.65. The molecule has 1 amide bonds. The molecule has 1 heterocycles. The molecule has 0 saturated heterocycles. The summed E-state index contributed by atoms with van der Waals surface area (Å²) in [5, 5.41) is 9.06. The lowest BCUT2D eigenvalue weighted by Crippen LogP contribution is -2.32. The van der Waals surface area contributed by atoms with E-state index in [4.69, 9.17) is 0 Å². The highest BCUT2D eigenvalue weighted by atomic mass is 16.1. The summed E-state index contributed by atoms with van der Waals surface area (Å²) < 4.78 is 0. The summed E-state index contributed by atoms with van der Waals surface area (Å²) in [5.74, 6) is 2.64. The molecule has 0 aromatic carbocycles. The van der Waals surface area contributed by atoms with E-state index in [9.17, 15) is 4.79 Å². The van der Waals surface area contributed by atoms with Crippen molar-refractivity contribution in [1.29, 1.82) is 0 Å². The Morgan fingerprint density at radius 1 is 1.20 bits per heavy atom. The van der Waals surface area contributed by atoms with Crippen molar-refractivity contribution in [2.24, 2.45) is 5.92 Å². The second kappa shape index (κ2) is 8.35. The van der Waals surface area contributed by atoms with Gasteiger partial charge in [-0.05, 0) is 12.8 Å². The number of aryl methyl sites for hydroxylation is 1. The minimum Gasteiger partial charge on any atom is -0.370 e. The first-order chi connectivity index (χ1) is 9.55. The summed E-state index contributed by atoms with van der Waals surface area (Å²) in [7, 11) is 0. The SMILES string of the molecule is CCNc1cc(NCC(=O)NCC(C)C)nc(CC)n1. The van der Waals surface area contributed by atoms with Gasteiger partial charge in [-0.1, -0.05) is 20.8 Å². The third-order valence-electron chi connectivity index (χ3n) is 2.58. The number of anilines is 2. The Balaban J connectivity index is 2.58. The lowest BCUT2D eigenvalue weighted by atomic mass is 10.2. The first-order valence-corrected chi connectivity index (χ1v) is 7.17. The largest absolute Gasteiger partial charge is 0.370 e. The highest BCUT2D eigenvalue weighted by molar-refractivity contribution is 5.80. The van der Waals surface area contributed by atoms with Gasteiger partial charge in [0.25, 0.3) is 0 Å². The maximum Gasteiger partial charge on any atom is 0.239 e. The van der Waals surface area contributed by atoms with Crippen LogP contribution in [0.1, 0.15) is 33.5 Å². The van der Waals surface area contributed by atoms with Gasteiger partial charge in [0.2, 0.25) is 5.91 Å². The van der Waals surface area contributed by atoms with Gasteiger partial charge in [-0.3, -0.25) is 4.79 Å². The van der Waals surface area contributed by atoms with E-state index in [1.165, 1.54) is 0 Å². The second-order valence-electron chi connectivity index (χ2n) is 4.99. The molecule has 0 saturated carbocycles. The monoisotopic (exact) mass is 279 g/mol. The highest BCUT2D eigenvalue weighted by Crippen LogP contribution is 2.11. The Morgan fingerprint density at radius 3 is 2.40 bits per heavy atom. The zero-order valence-electron chi connectivity index (χ0n) is 12.8.